The number of nitrogen functional groups attached to an aromatic ring is 1. The van der Waals surface area contributed by atoms with E-state index >= 15 is 0 Å². The number of hydrogen-bond acceptors (Lipinski definition) is 4. The second-order valence-electron chi connectivity index (χ2n) is 5.42. The molecule has 1 fully saturated rings. The number of ether oxygens (including phenoxy) is 1. The Kier molecular flexibility index (Phi) is 6.61. The van der Waals surface area contributed by atoms with Gasteiger partial charge in [0.1, 0.15) is 0 Å². The molecule has 0 aliphatic carbocycles. The molecule has 1 amide bonds. The molecule has 6 heteroatoms. The molecule has 0 bridgehead atoms. The van der Waals surface area contributed by atoms with Crippen molar-refractivity contribution in [3.8, 4) is 0 Å². The Labute approximate surface area is 130 Å². The molecule has 0 radical (unpaired) electrons. The van der Waals surface area contributed by atoms with Gasteiger partial charge < -0.3 is 15.8 Å². The molecule has 1 aliphatic heterocycles. The van der Waals surface area contributed by atoms with Crippen LogP contribution >= 0.6 is 0 Å². The number of amides is 1. The number of nitrogens with one attached hydrogen (secondary N) is 1. The van der Waals surface area contributed by atoms with E-state index in [2.05, 4.69) is 10.2 Å². The summed E-state index contributed by atoms with van der Waals surface area (Å²) < 4.78 is 17.4. The topological polar surface area (TPSA) is 67.6 Å². The number of nitrogens with zero attached hydrogens (tertiary/aromatic N) is 1. The van der Waals surface area contributed by atoms with Crippen LogP contribution in [-0.4, -0.2) is 56.9 Å². The molecule has 122 valence electrons. The van der Waals surface area contributed by atoms with E-state index in [1.54, 1.807) is 6.07 Å². The zero-order chi connectivity index (χ0) is 15.8. The predicted octanol–water partition coefficient (Wildman–Crippen LogP) is 1.23. The molecule has 1 heterocycles. The van der Waals surface area contributed by atoms with E-state index in [0.29, 0.717) is 24.2 Å². The molecule has 2 rings (SSSR count). The molecule has 0 unspecified atom stereocenters. The third kappa shape index (κ3) is 4.96. The van der Waals surface area contributed by atoms with Gasteiger partial charge in [0.05, 0.1) is 25.5 Å². The van der Waals surface area contributed by atoms with Crippen LogP contribution in [0.4, 0.5) is 10.1 Å². The number of anilines is 1. The van der Waals surface area contributed by atoms with Crippen molar-refractivity contribution in [1.82, 2.24) is 10.2 Å². The van der Waals surface area contributed by atoms with Crippen molar-refractivity contribution < 1.29 is 13.9 Å². The van der Waals surface area contributed by atoms with Gasteiger partial charge in [-0.05, 0) is 30.5 Å². The highest BCUT2D eigenvalue weighted by Gasteiger charge is 2.12. The van der Waals surface area contributed by atoms with E-state index in [1.165, 1.54) is 0 Å². The highest BCUT2D eigenvalue weighted by Crippen LogP contribution is 2.15. The van der Waals surface area contributed by atoms with E-state index in [9.17, 15) is 9.18 Å². The first kappa shape index (κ1) is 16.7. The number of hydrogen-bond donors (Lipinski definition) is 2. The third-order valence-electron chi connectivity index (χ3n) is 3.78. The van der Waals surface area contributed by atoms with Gasteiger partial charge in [-0.2, -0.15) is 0 Å². The Morgan fingerprint density at radius 1 is 1.36 bits per heavy atom. The number of nitrogens with two attached hydrogens (primary N) is 1. The predicted molar refractivity (Wildman–Crippen MR) is 84.7 cm³/mol. The summed E-state index contributed by atoms with van der Waals surface area (Å²) in [5, 5.41) is 2.69. The SMILES string of the molecule is Nc1ccc(CCN2CCOCC2)cc1C(=O)NCCCF. The highest BCUT2D eigenvalue weighted by atomic mass is 19.1. The van der Waals surface area contributed by atoms with Gasteiger partial charge in [-0.25, -0.2) is 0 Å². The van der Waals surface area contributed by atoms with Crippen LogP contribution < -0.4 is 11.1 Å². The molecular formula is C16H24FN3O2. The number of rotatable bonds is 7. The maximum Gasteiger partial charge on any atom is 0.253 e. The number of benzene rings is 1. The molecule has 0 saturated carbocycles. The zero-order valence-corrected chi connectivity index (χ0v) is 12.8. The number of carbonyl (C=O) groups excluding carboxylic acids is 1. The third-order valence-corrected chi connectivity index (χ3v) is 3.78. The molecule has 3 N–H and O–H groups in total. The summed E-state index contributed by atoms with van der Waals surface area (Å²) in [6, 6.07) is 5.55. The summed E-state index contributed by atoms with van der Waals surface area (Å²) in [6.45, 7) is 4.29. The van der Waals surface area contributed by atoms with Crippen molar-refractivity contribution in [3.05, 3.63) is 29.3 Å². The fourth-order valence-corrected chi connectivity index (χ4v) is 2.43. The Hall–Kier alpha value is -1.66. The highest BCUT2D eigenvalue weighted by molar-refractivity contribution is 5.99. The molecule has 5 nitrogen and oxygen atoms in total. The van der Waals surface area contributed by atoms with Gasteiger partial charge in [-0.1, -0.05) is 6.07 Å². The standard InChI is InChI=1S/C16H24FN3O2/c17-5-1-6-19-16(21)14-12-13(2-3-15(14)18)4-7-20-8-10-22-11-9-20/h2-3,12H,1,4-11,18H2,(H,19,21). The van der Waals surface area contributed by atoms with E-state index in [0.717, 1.165) is 44.8 Å². The second kappa shape index (κ2) is 8.70. The van der Waals surface area contributed by atoms with E-state index in [1.807, 2.05) is 12.1 Å². The second-order valence-corrected chi connectivity index (χ2v) is 5.42. The monoisotopic (exact) mass is 309 g/mol. The van der Waals surface area contributed by atoms with E-state index in [-0.39, 0.29) is 5.91 Å². The lowest BCUT2D eigenvalue weighted by Gasteiger charge is -2.26. The van der Waals surface area contributed by atoms with Crippen LogP contribution in [0, 0.1) is 0 Å². The average molecular weight is 309 g/mol. The summed E-state index contributed by atoms with van der Waals surface area (Å²) in [6.07, 6.45) is 1.19. The summed E-state index contributed by atoms with van der Waals surface area (Å²) in [4.78, 5) is 14.4. The van der Waals surface area contributed by atoms with Crippen molar-refractivity contribution in [2.24, 2.45) is 0 Å². The van der Waals surface area contributed by atoms with Crippen molar-refractivity contribution in [2.45, 2.75) is 12.8 Å². The summed E-state index contributed by atoms with van der Waals surface area (Å²) >= 11 is 0. The largest absolute Gasteiger partial charge is 0.398 e. The fourth-order valence-electron chi connectivity index (χ4n) is 2.43. The minimum atomic E-state index is -0.435. The molecule has 22 heavy (non-hydrogen) atoms. The van der Waals surface area contributed by atoms with Crippen LogP contribution in [0.2, 0.25) is 0 Å². The van der Waals surface area contributed by atoms with E-state index in [4.69, 9.17) is 10.5 Å². The smallest absolute Gasteiger partial charge is 0.253 e. The first-order valence-corrected chi connectivity index (χ1v) is 7.73. The zero-order valence-electron chi connectivity index (χ0n) is 12.8. The molecule has 0 spiro atoms. The lowest BCUT2D eigenvalue weighted by atomic mass is 10.1. The average Bonchev–Trinajstić information content (AvgIpc) is 2.55. The maximum absolute atomic E-state index is 12.1. The summed E-state index contributed by atoms with van der Waals surface area (Å²) in [5.74, 6) is -0.237. The minimum absolute atomic E-state index is 0.237. The Balaban J connectivity index is 1.92. The lowest BCUT2D eigenvalue weighted by Crippen LogP contribution is -2.37. The van der Waals surface area contributed by atoms with Crippen LogP contribution in [-0.2, 0) is 11.2 Å². The number of halogens is 1. The molecular weight excluding hydrogens is 285 g/mol. The lowest BCUT2D eigenvalue weighted by molar-refractivity contribution is 0.0384. The molecule has 1 saturated heterocycles. The van der Waals surface area contributed by atoms with Gasteiger partial charge >= 0.3 is 0 Å². The van der Waals surface area contributed by atoms with E-state index < -0.39 is 6.67 Å². The van der Waals surface area contributed by atoms with Crippen LogP contribution in [0.15, 0.2) is 18.2 Å². The minimum Gasteiger partial charge on any atom is -0.398 e. The van der Waals surface area contributed by atoms with Crippen molar-refractivity contribution >= 4 is 11.6 Å². The number of alkyl halides is 1. The first-order chi connectivity index (χ1) is 10.7. The van der Waals surface area contributed by atoms with Crippen molar-refractivity contribution in [3.63, 3.8) is 0 Å². The molecule has 1 aromatic rings. The summed E-state index contributed by atoms with van der Waals surface area (Å²) in [7, 11) is 0. The molecule has 0 atom stereocenters. The van der Waals surface area contributed by atoms with Crippen LogP contribution in [0.1, 0.15) is 22.3 Å². The Morgan fingerprint density at radius 2 is 2.14 bits per heavy atom. The van der Waals surface area contributed by atoms with Crippen LogP contribution in [0.3, 0.4) is 0 Å². The first-order valence-electron chi connectivity index (χ1n) is 7.73. The van der Waals surface area contributed by atoms with Gasteiger partial charge in [-0.15, -0.1) is 0 Å². The van der Waals surface area contributed by atoms with Crippen LogP contribution in [0.5, 0.6) is 0 Å². The normalized spacial score (nSPS) is 15.7. The van der Waals surface area contributed by atoms with Gasteiger partial charge in [0.25, 0.3) is 5.91 Å². The summed E-state index contributed by atoms with van der Waals surface area (Å²) in [5.41, 5.74) is 7.87. The van der Waals surface area contributed by atoms with Crippen molar-refractivity contribution in [1.29, 1.82) is 0 Å². The quantitative estimate of drug-likeness (QED) is 0.587. The van der Waals surface area contributed by atoms with Gasteiger partial charge in [-0.3, -0.25) is 14.1 Å². The van der Waals surface area contributed by atoms with Gasteiger partial charge in [0.2, 0.25) is 0 Å². The van der Waals surface area contributed by atoms with Gasteiger partial charge in [0, 0.05) is 31.9 Å². The molecule has 1 aliphatic rings. The maximum atomic E-state index is 12.1. The Morgan fingerprint density at radius 3 is 2.86 bits per heavy atom. The molecule has 1 aromatic carbocycles. The van der Waals surface area contributed by atoms with Crippen LogP contribution in [0.25, 0.3) is 0 Å². The fraction of sp³-hybridized carbons (Fsp3) is 0.562. The van der Waals surface area contributed by atoms with Crippen molar-refractivity contribution in [2.75, 3.05) is 51.8 Å². The number of morpholine rings is 1. The Bertz CT molecular complexity index is 490. The number of carbonyl (C=O) groups is 1. The van der Waals surface area contributed by atoms with Gasteiger partial charge in [0.15, 0.2) is 0 Å². The molecule has 0 aromatic heterocycles.